The molecule has 3 amide bonds. The second kappa shape index (κ2) is 9.25. The molecule has 2 aliphatic heterocycles. The maximum atomic E-state index is 12.8. The molecule has 0 aliphatic carbocycles. The Labute approximate surface area is 175 Å². The lowest BCUT2D eigenvalue weighted by molar-refractivity contribution is -0.130. The maximum absolute atomic E-state index is 12.8. The Kier molecular flexibility index (Phi) is 6.94. The summed E-state index contributed by atoms with van der Waals surface area (Å²) < 4.78 is 5.22. The van der Waals surface area contributed by atoms with Crippen molar-refractivity contribution in [1.29, 1.82) is 0 Å². The van der Waals surface area contributed by atoms with Crippen LogP contribution in [0.15, 0.2) is 0 Å². The molecule has 10 heteroatoms. The molecule has 9 nitrogen and oxygen atoms in total. The standard InChI is InChI=1S/C19H31N5O4S/c1-5-6-11-27-24-13-7-8-14(23(12-13)18(24)26)16-22-21-15(29-16)9-10-20-17(25)28-19(2,3)4/h13-14H,5-12H2,1-4H3,(H,20,25)/t13-,14-/m0/s1. The number of nitrogens with one attached hydrogen (secondary N) is 1. The van der Waals surface area contributed by atoms with Crippen molar-refractivity contribution in [2.45, 2.75) is 77.5 Å². The zero-order valence-corrected chi connectivity index (χ0v) is 18.5. The van der Waals surface area contributed by atoms with Crippen LogP contribution in [0, 0.1) is 0 Å². The molecule has 2 aliphatic rings. The molecule has 2 bridgehead atoms. The summed E-state index contributed by atoms with van der Waals surface area (Å²) in [5.41, 5.74) is -0.519. The molecule has 0 radical (unpaired) electrons. The minimum absolute atomic E-state index is 0.0522. The number of rotatable bonds is 8. The van der Waals surface area contributed by atoms with Gasteiger partial charge in [0, 0.05) is 19.5 Å². The average molecular weight is 426 g/mol. The van der Waals surface area contributed by atoms with E-state index >= 15 is 0 Å². The summed E-state index contributed by atoms with van der Waals surface area (Å²) in [5.74, 6) is 0. The summed E-state index contributed by atoms with van der Waals surface area (Å²) in [6.45, 7) is 9.26. The molecule has 0 saturated carbocycles. The summed E-state index contributed by atoms with van der Waals surface area (Å²) in [5, 5.41) is 14.5. The fraction of sp³-hybridized carbons (Fsp3) is 0.789. The van der Waals surface area contributed by atoms with Crippen molar-refractivity contribution in [2.75, 3.05) is 19.7 Å². The number of hydroxylamine groups is 2. The van der Waals surface area contributed by atoms with Gasteiger partial charge in [0.1, 0.15) is 15.6 Å². The van der Waals surface area contributed by atoms with Crippen molar-refractivity contribution in [3.63, 3.8) is 0 Å². The number of amides is 3. The molecule has 0 aromatic carbocycles. The van der Waals surface area contributed by atoms with Crippen LogP contribution >= 0.6 is 11.3 Å². The summed E-state index contributed by atoms with van der Waals surface area (Å²) in [6, 6.07) is 0.00145. The van der Waals surface area contributed by atoms with Gasteiger partial charge in [-0.2, -0.15) is 5.06 Å². The summed E-state index contributed by atoms with van der Waals surface area (Å²) in [6.07, 6.45) is 3.87. The topological polar surface area (TPSA) is 96.9 Å². The normalized spacial score (nSPS) is 21.6. The van der Waals surface area contributed by atoms with Crippen LogP contribution in [-0.4, -0.2) is 63.6 Å². The van der Waals surface area contributed by atoms with Crippen LogP contribution in [0.2, 0.25) is 0 Å². The molecule has 1 N–H and O–H groups in total. The number of carbonyl (C=O) groups excluding carboxylic acids is 2. The first kappa shape index (κ1) is 21.8. The predicted octanol–water partition coefficient (Wildman–Crippen LogP) is 3.28. The largest absolute Gasteiger partial charge is 0.444 e. The SMILES string of the molecule is CCCCON1C(=O)N2C[C@@H]1CC[C@H]2c1nnc(CCNC(=O)OC(C)(C)C)s1. The van der Waals surface area contributed by atoms with Crippen LogP contribution in [0.4, 0.5) is 9.59 Å². The minimum atomic E-state index is -0.519. The van der Waals surface area contributed by atoms with Crippen LogP contribution in [-0.2, 0) is 16.0 Å². The molecular weight excluding hydrogens is 394 g/mol. The van der Waals surface area contributed by atoms with Gasteiger partial charge in [0.25, 0.3) is 0 Å². The van der Waals surface area contributed by atoms with E-state index in [9.17, 15) is 9.59 Å². The van der Waals surface area contributed by atoms with E-state index in [-0.39, 0.29) is 18.1 Å². The fourth-order valence-electron chi connectivity index (χ4n) is 3.45. The van der Waals surface area contributed by atoms with Gasteiger partial charge >= 0.3 is 12.1 Å². The van der Waals surface area contributed by atoms with Gasteiger partial charge in [-0.1, -0.05) is 24.7 Å². The number of alkyl carbamates (subject to hydrolysis) is 1. The first-order valence-corrected chi connectivity index (χ1v) is 11.1. The number of nitrogens with zero attached hydrogens (tertiary/aromatic N) is 4. The zero-order valence-electron chi connectivity index (χ0n) is 17.6. The Morgan fingerprint density at radius 1 is 1.31 bits per heavy atom. The average Bonchev–Trinajstić information content (AvgIpc) is 3.20. The van der Waals surface area contributed by atoms with Gasteiger partial charge in [0.15, 0.2) is 0 Å². The molecule has 3 rings (SSSR count). The number of piperidine rings is 1. The molecule has 2 fully saturated rings. The highest BCUT2D eigenvalue weighted by Crippen LogP contribution is 2.39. The third kappa shape index (κ3) is 5.57. The Morgan fingerprint density at radius 3 is 2.83 bits per heavy atom. The Bertz CT molecular complexity index is 720. The lowest BCUT2D eigenvalue weighted by atomic mass is 10.0. The first-order valence-electron chi connectivity index (χ1n) is 10.3. The number of ether oxygens (including phenoxy) is 1. The summed E-state index contributed by atoms with van der Waals surface area (Å²) in [7, 11) is 0. The Morgan fingerprint density at radius 2 is 2.10 bits per heavy atom. The van der Waals surface area contributed by atoms with Gasteiger partial charge < -0.3 is 15.0 Å². The van der Waals surface area contributed by atoms with Crippen LogP contribution in [0.3, 0.4) is 0 Å². The van der Waals surface area contributed by atoms with Gasteiger partial charge in [-0.15, -0.1) is 10.2 Å². The van der Waals surface area contributed by atoms with Gasteiger partial charge in [-0.3, -0.25) is 4.84 Å². The monoisotopic (exact) mass is 425 g/mol. The molecule has 0 unspecified atom stereocenters. The molecule has 1 aromatic rings. The molecule has 29 heavy (non-hydrogen) atoms. The third-order valence-electron chi connectivity index (χ3n) is 4.83. The van der Waals surface area contributed by atoms with Gasteiger partial charge in [-0.05, 0) is 40.0 Å². The molecule has 2 saturated heterocycles. The van der Waals surface area contributed by atoms with E-state index in [1.807, 2.05) is 25.7 Å². The summed E-state index contributed by atoms with van der Waals surface area (Å²) >= 11 is 1.50. The third-order valence-corrected chi connectivity index (χ3v) is 5.91. The number of unbranched alkanes of at least 4 members (excludes halogenated alkanes) is 1. The van der Waals surface area contributed by atoms with E-state index in [4.69, 9.17) is 9.57 Å². The molecule has 162 valence electrons. The van der Waals surface area contributed by atoms with E-state index in [0.717, 1.165) is 35.7 Å². The molecule has 3 heterocycles. The predicted molar refractivity (Wildman–Crippen MR) is 108 cm³/mol. The quantitative estimate of drug-likeness (QED) is 0.642. The molecule has 1 aromatic heterocycles. The van der Waals surface area contributed by atoms with E-state index < -0.39 is 11.7 Å². The number of carbonyl (C=O) groups is 2. The van der Waals surface area contributed by atoms with Crippen molar-refractivity contribution >= 4 is 23.5 Å². The highest BCUT2D eigenvalue weighted by atomic mass is 32.1. The molecule has 2 atom stereocenters. The lowest BCUT2D eigenvalue weighted by Gasteiger charge is -2.28. The van der Waals surface area contributed by atoms with Crippen LogP contribution in [0.25, 0.3) is 0 Å². The first-order chi connectivity index (χ1) is 13.8. The smallest absolute Gasteiger partial charge is 0.407 e. The van der Waals surface area contributed by atoms with Crippen LogP contribution in [0.5, 0.6) is 0 Å². The van der Waals surface area contributed by atoms with Crippen LogP contribution in [0.1, 0.15) is 69.4 Å². The Balaban J connectivity index is 1.52. The van der Waals surface area contributed by atoms with E-state index in [0.29, 0.717) is 26.1 Å². The van der Waals surface area contributed by atoms with Gasteiger partial charge in [0.2, 0.25) is 0 Å². The summed E-state index contributed by atoms with van der Waals surface area (Å²) in [4.78, 5) is 32.1. The van der Waals surface area contributed by atoms with Crippen molar-refractivity contribution in [2.24, 2.45) is 0 Å². The van der Waals surface area contributed by atoms with Gasteiger partial charge in [-0.25, -0.2) is 9.59 Å². The number of hydrogen-bond acceptors (Lipinski definition) is 7. The van der Waals surface area contributed by atoms with E-state index in [1.165, 1.54) is 11.3 Å². The maximum Gasteiger partial charge on any atom is 0.407 e. The van der Waals surface area contributed by atoms with E-state index in [2.05, 4.69) is 22.4 Å². The zero-order chi connectivity index (χ0) is 21.0. The molecule has 0 spiro atoms. The fourth-order valence-corrected chi connectivity index (χ4v) is 4.44. The highest BCUT2D eigenvalue weighted by molar-refractivity contribution is 7.11. The van der Waals surface area contributed by atoms with Crippen molar-refractivity contribution < 1.29 is 19.2 Å². The number of aromatic nitrogens is 2. The molecular formula is C19H31N5O4S. The number of urea groups is 1. The number of fused-ring (bicyclic) bond motifs is 2. The number of hydrogen-bond donors (Lipinski definition) is 1. The van der Waals surface area contributed by atoms with Crippen molar-refractivity contribution in [3.8, 4) is 0 Å². The second-order valence-corrected chi connectivity index (χ2v) is 9.50. The van der Waals surface area contributed by atoms with Gasteiger partial charge in [0.05, 0.1) is 18.7 Å². The second-order valence-electron chi connectivity index (χ2n) is 8.41. The Hall–Kier alpha value is -1.94. The van der Waals surface area contributed by atoms with Crippen LogP contribution < -0.4 is 5.32 Å². The van der Waals surface area contributed by atoms with Crippen molar-refractivity contribution in [1.82, 2.24) is 25.5 Å². The van der Waals surface area contributed by atoms with Crippen molar-refractivity contribution in [3.05, 3.63) is 10.0 Å². The lowest BCUT2D eigenvalue weighted by Crippen LogP contribution is -2.34. The van der Waals surface area contributed by atoms with E-state index in [1.54, 1.807) is 5.06 Å². The minimum Gasteiger partial charge on any atom is -0.444 e. The highest BCUT2D eigenvalue weighted by Gasteiger charge is 2.47.